The number of fused-ring (bicyclic) bond motifs is 1. The van der Waals surface area contributed by atoms with Crippen molar-refractivity contribution in [3.05, 3.63) is 58.0 Å². The number of nitrogens with zero attached hydrogens (tertiary/aromatic N) is 3. The summed E-state index contributed by atoms with van der Waals surface area (Å²) in [5.74, 6) is 1.26. The molecule has 1 aromatic carbocycles. The molecule has 0 spiro atoms. The summed E-state index contributed by atoms with van der Waals surface area (Å²) in [6.45, 7) is 1.83. The minimum atomic E-state index is -0.399. The van der Waals surface area contributed by atoms with Crippen LogP contribution in [0, 0.1) is 6.92 Å². The summed E-state index contributed by atoms with van der Waals surface area (Å²) in [5.41, 5.74) is 1.58. The van der Waals surface area contributed by atoms with Crippen LogP contribution in [0.15, 0.2) is 46.2 Å². The minimum absolute atomic E-state index is 0.0932. The van der Waals surface area contributed by atoms with Gasteiger partial charge in [-0.15, -0.1) is 0 Å². The van der Waals surface area contributed by atoms with Crippen LogP contribution in [-0.2, 0) is 0 Å². The fourth-order valence-corrected chi connectivity index (χ4v) is 3.61. The van der Waals surface area contributed by atoms with Crippen LogP contribution in [0.1, 0.15) is 49.5 Å². The molecule has 130 valence electrons. The average molecular weight is 337 g/mol. The SMILES string of the molecule is Cc1cc(=O)n2c(n1)NC(NC1CCCCC1)=N[C@@H]2c1ccccc1. The topological polar surface area (TPSA) is 71.3 Å². The Kier molecular flexibility index (Phi) is 4.26. The maximum absolute atomic E-state index is 12.6. The number of nitrogens with one attached hydrogen (secondary N) is 2. The van der Waals surface area contributed by atoms with E-state index in [-0.39, 0.29) is 5.56 Å². The number of aryl methyl sites for hydroxylation is 1. The third kappa shape index (κ3) is 3.29. The maximum atomic E-state index is 12.6. The van der Waals surface area contributed by atoms with Crippen molar-refractivity contribution in [3.63, 3.8) is 0 Å². The van der Waals surface area contributed by atoms with Gasteiger partial charge in [0.25, 0.3) is 5.56 Å². The molecule has 25 heavy (non-hydrogen) atoms. The van der Waals surface area contributed by atoms with E-state index in [4.69, 9.17) is 4.99 Å². The fourth-order valence-electron chi connectivity index (χ4n) is 3.61. The highest BCUT2D eigenvalue weighted by Crippen LogP contribution is 2.25. The van der Waals surface area contributed by atoms with Crippen LogP contribution >= 0.6 is 0 Å². The van der Waals surface area contributed by atoms with Gasteiger partial charge >= 0.3 is 0 Å². The zero-order valence-electron chi connectivity index (χ0n) is 14.4. The average Bonchev–Trinajstić information content (AvgIpc) is 2.62. The highest BCUT2D eigenvalue weighted by Gasteiger charge is 2.26. The second-order valence-electron chi connectivity index (χ2n) is 6.80. The van der Waals surface area contributed by atoms with Gasteiger partial charge in [0.1, 0.15) is 0 Å². The molecule has 0 saturated heterocycles. The second kappa shape index (κ2) is 6.70. The standard InChI is InChI=1S/C19H23N5O/c1-13-12-16(25)24-17(14-8-4-2-5-9-14)22-18(23-19(24)20-13)21-15-10-6-3-7-11-15/h2,4-5,8-9,12,15,17H,3,6-7,10-11H2,1H3,(H2,20,21,22,23)/t17-/m0/s1. The number of aliphatic imine (C=N–C) groups is 1. The molecular weight excluding hydrogens is 314 g/mol. The number of guanidine groups is 1. The van der Waals surface area contributed by atoms with Gasteiger partial charge in [0.15, 0.2) is 6.17 Å². The molecule has 0 unspecified atom stereocenters. The molecule has 1 fully saturated rings. The first kappa shape index (κ1) is 15.9. The number of hydrogen-bond acceptors (Lipinski definition) is 5. The fraction of sp³-hybridized carbons (Fsp3) is 0.421. The highest BCUT2D eigenvalue weighted by atomic mass is 16.1. The molecule has 6 heteroatoms. The number of hydrogen-bond donors (Lipinski definition) is 2. The van der Waals surface area contributed by atoms with E-state index in [0.29, 0.717) is 23.6 Å². The molecule has 1 aliphatic carbocycles. The van der Waals surface area contributed by atoms with E-state index in [0.717, 1.165) is 18.4 Å². The molecule has 2 aromatic rings. The van der Waals surface area contributed by atoms with Gasteiger partial charge in [-0.1, -0.05) is 49.6 Å². The van der Waals surface area contributed by atoms with E-state index in [1.165, 1.54) is 19.3 Å². The third-order valence-corrected chi connectivity index (χ3v) is 4.85. The van der Waals surface area contributed by atoms with Gasteiger partial charge in [-0.25, -0.2) is 9.98 Å². The van der Waals surface area contributed by atoms with Crippen LogP contribution in [0.3, 0.4) is 0 Å². The molecule has 1 saturated carbocycles. The van der Waals surface area contributed by atoms with Crippen molar-refractivity contribution < 1.29 is 0 Å². The van der Waals surface area contributed by atoms with Gasteiger partial charge in [-0.2, -0.15) is 0 Å². The summed E-state index contributed by atoms with van der Waals surface area (Å²) < 4.78 is 1.62. The Balaban J connectivity index is 1.72. The molecule has 2 N–H and O–H groups in total. The molecule has 4 rings (SSSR count). The molecule has 1 atom stereocenters. The molecule has 0 radical (unpaired) electrons. The van der Waals surface area contributed by atoms with Crippen molar-refractivity contribution >= 4 is 11.9 Å². The first-order valence-corrected chi connectivity index (χ1v) is 8.97. The van der Waals surface area contributed by atoms with Crippen molar-refractivity contribution in [1.82, 2.24) is 14.9 Å². The number of benzene rings is 1. The smallest absolute Gasteiger partial charge is 0.257 e. The van der Waals surface area contributed by atoms with Crippen LogP contribution < -0.4 is 16.2 Å². The molecule has 1 aliphatic heterocycles. The van der Waals surface area contributed by atoms with E-state index in [1.807, 2.05) is 37.3 Å². The van der Waals surface area contributed by atoms with Crippen LogP contribution in [0.4, 0.5) is 5.95 Å². The van der Waals surface area contributed by atoms with Crippen LogP contribution in [0.2, 0.25) is 0 Å². The predicted molar refractivity (Wildman–Crippen MR) is 98.9 cm³/mol. The Morgan fingerprint density at radius 1 is 1.16 bits per heavy atom. The first-order chi connectivity index (χ1) is 12.2. The Bertz CT molecular complexity index is 837. The quantitative estimate of drug-likeness (QED) is 0.884. The van der Waals surface area contributed by atoms with Gasteiger partial charge < -0.3 is 5.32 Å². The number of aromatic nitrogens is 2. The lowest BCUT2D eigenvalue weighted by Crippen LogP contribution is -2.45. The lowest BCUT2D eigenvalue weighted by atomic mass is 9.96. The molecule has 0 bridgehead atoms. The van der Waals surface area contributed by atoms with E-state index in [1.54, 1.807) is 10.6 Å². The monoisotopic (exact) mass is 337 g/mol. The molecule has 2 heterocycles. The van der Waals surface area contributed by atoms with Crippen LogP contribution in [0.25, 0.3) is 0 Å². The molecular formula is C19H23N5O. The summed E-state index contributed by atoms with van der Waals surface area (Å²) in [6, 6.07) is 11.9. The van der Waals surface area contributed by atoms with E-state index < -0.39 is 6.17 Å². The summed E-state index contributed by atoms with van der Waals surface area (Å²) in [6.07, 6.45) is 5.73. The third-order valence-electron chi connectivity index (χ3n) is 4.85. The summed E-state index contributed by atoms with van der Waals surface area (Å²) in [7, 11) is 0. The normalized spacial score (nSPS) is 20.4. The van der Waals surface area contributed by atoms with Gasteiger partial charge in [0, 0.05) is 17.8 Å². The van der Waals surface area contributed by atoms with Crippen molar-refractivity contribution in [2.75, 3.05) is 5.32 Å². The van der Waals surface area contributed by atoms with Gasteiger partial charge in [-0.3, -0.25) is 14.7 Å². The van der Waals surface area contributed by atoms with E-state index >= 15 is 0 Å². The molecule has 6 nitrogen and oxygen atoms in total. The van der Waals surface area contributed by atoms with Crippen molar-refractivity contribution in [1.29, 1.82) is 0 Å². The number of anilines is 1. The molecule has 1 aromatic heterocycles. The predicted octanol–water partition coefficient (Wildman–Crippen LogP) is 2.80. The highest BCUT2D eigenvalue weighted by molar-refractivity contribution is 5.93. The van der Waals surface area contributed by atoms with E-state index in [2.05, 4.69) is 15.6 Å². The summed E-state index contributed by atoms with van der Waals surface area (Å²) in [4.78, 5) is 21.9. The summed E-state index contributed by atoms with van der Waals surface area (Å²) in [5, 5.41) is 6.74. The first-order valence-electron chi connectivity index (χ1n) is 8.97. The zero-order chi connectivity index (χ0) is 17.2. The van der Waals surface area contributed by atoms with Crippen molar-refractivity contribution in [2.24, 2.45) is 4.99 Å². The second-order valence-corrected chi connectivity index (χ2v) is 6.80. The number of rotatable bonds is 2. The Hall–Kier alpha value is -2.63. The van der Waals surface area contributed by atoms with Gasteiger partial charge in [-0.05, 0) is 25.3 Å². The van der Waals surface area contributed by atoms with Crippen molar-refractivity contribution in [3.8, 4) is 0 Å². The Labute approximate surface area is 147 Å². The lowest BCUT2D eigenvalue weighted by molar-refractivity contribution is 0.410. The van der Waals surface area contributed by atoms with Crippen LogP contribution in [-0.4, -0.2) is 21.6 Å². The van der Waals surface area contributed by atoms with Crippen molar-refractivity contribution in [2.45, 2.75) is 51.2 Å². The zero-order valence-corrected chi connectivity index (χ0v) is 14.4. The van der Waals surface area contributed by atoms with Gasteiger partial charge in [0.2, 0.25) is 11.9 Å². The largest absolute Gasteiger partial charge is 0.353 e. The molecule has 0 amide bonds. The summed E-state index contributed by atoms with van der Waals surface area (Å²) >= 11 is 0. The minimum Gasteiger partial charge on any atom is -0.353 e. The Morgan fingerprint density at radius 2 is 1.92 bits per heavy atom. The van der Waals surface area contributed by atoms with Crippen LogP contribution in [0.5, 0.6) is 0 Å². The van der Waals surface area contributed by atoms with Gasteiger partial charge in [0.05, 0.1) is 0 Å². The lowest BCUT2D eigenvalue weighted by Gasteiger charge is -2.30. The Morgan fingerprint density at radius 3 is 2.68 bits per heavy atom. The maximum Gasteiger partial charge on any atom is 0.257 e. The van der Waals surface area contributed by atoms with E-state index in [9.17, 15) is 4.79 Å². The molecule has 2 aliphatic rings.